The molecule has 0 spiro atoms. The van der Waals surface area contributed by atoms with Crippen molar-refractivity contribution >= 4 is 28.4 Å². The number of rotatable bonds is 7. The van der Waals surface area contributed by atoms with Crippen LogP contribution in [0.4, 0.5) is 8.78 Å². The molecule has 1 unspecified atom stereocenters. The first-order valence-electron chi connectivity index (χ1n) is 9.96. The molecule has 3 atom stereocenters. The Morgan fingerprint density at radius 1 is 1.09 bits per heavy atom. The summed E-state index contributed by atoms with van der Waals surface area (Å²) in [6.45, 7) is 1.72. The zero-order valence-electron chi connectivity index (χ0n) is 17.1. The lowest BCUT2D eigenvalue weighted by Gasteiger charge is -2.26. The van der Waals surface area contributed by atoms with Crippen molar-refractivity contribution in [3.05, 3.63) is 90.4 Å². The molecule has 0 bridgehead atoms. The van der Waals surface area contributed by atoms with Gasteiger partial charge in [0.15, 0.2) is 0 Å². The highest BCUT2D eigenvalue weighted by molar-refractivity contribution is 6.29. The van der Waals surface area contributed by atoms with Crippen LogP contribution in [-0.4, -0.2) is 27.4 Å². The predicted octanol–water partition coefficient (Wildman–Crippen LogP) is 5.32. The maximum absolute atomic E-state index is 13.2. The van der Waals surface area contributed by atoms with Gasteiger partial charge in [-0.25, -0.2) is 13.5 Å². The van der Waals surface area contributed by atoms with E-state index in [-0.39, 0.29) is 5.82 Å². The van der Waals surface area contributed by atoms with Crippen molar-refractivity contribution in [2.45, 2.75) is 24.7 Å². The van der Waals surface area contributed by atoms with Gasteiger partial charge in [-0.05, 0) is 55.0 Å². The van der Waals surface area contributed by atoms with Gasteiger partial charge in [0.2, 0.25) is 0 Å². The van der Waals surface area contributed by atoms with Crippen LogP contribution in [0.5, 0.6) is 5.75 Å². The number of amides is 1. The van der Waals surface area contributed by atoms with Gasteiger partial charge in [-0.3, -0.25) is 4.79 Å². The van der Waals surface area contributed by atoms with E-state index in [0.717, 1.165) is 22.2 Å². The van der Waals surface area contributed by atoms with Crippen molar-refractivity contribution < 1.29 is 18.3 Å². The maximum atomic E-state index is 13.2. The largest absolute Gasteiger partial charge is 0.484 e. The second kappa shape index (κ2) is 9.36. The minimum atomic E-state index is -2.14. The molecule has 164 valence electrons. The van der Waals surface area contributed by atoms with E-state index >= 15 is 0 Å². The van der Waals surface area contributed by atoms with Crippen molar-refractivity contribution in [3.8, 4) is 11.4 Å². The van der Waals surface area contributed by atoms with Crippen molar-refractivity contribution in [1.82, 2.24) is 15.1 Å². The standard InChI is InChI=1S/C24H20ClF2N3O2/c1-15(29-24(31)23(25)27)22(16-5-3-2-4-6-16)32-20-11-12-21-17(13-20)14-28-30(21)19-9-7-18(26)8-10-19/h2-15,22-23H,1H3,(H,29,31)/t15?,22-,23+/m0/s1. The lowest BCUT2D eigenvalue weighted by Crippen LogP contribution is -2.41. The van der Waals surface area contributed by atoms with Gasteiger partial charge in [0.25, 0.3) is 11.5 Å². The third-order valence-electron chi connectivity index (χ3n) is 5.02. The van der Waals surface area contributed by atoms with Crippen molar-refractivity contribution in [3.63, 3.8) is 0 Å². The van der Waals surface area contributed by atoms with E-state index in [9.17, 15) is 13.6 Å². The Hall–Kier alpha value is -3.45. The molecule has 0 fully saturated rings. The monoisotopic (exact) mass is 455 g/mol. The van der Waals surface area contributed by atoms with Gasteiger partial charge >= 0.3 is 0 Å². The highest BCUT2D eigenvalue weighted by atomic mass is 35.5. The first kappa shape index (κ1) is 21.8. The van der Waals surface area contributed by atoms with Crippen LogP contribution in [0.25, 0.3) is 16.6 Å². The first-order valence-corrected chi connectivity index (χ1v) is 10.4. The Balaban J connectivity index is 1.62. The minimum absolute atomic E-state index is 0.317. The fourth-order valence-electron chi connectivity index (χ4n) is 3.48. The molecule has 5 nitrogen and oxygen atoms in total. The lowest BCUT2D eigenvalue weighted by molar-refractivity contribution is -0.124. The highest BCUT2D eigenvalue weighted by Crippen LogP contribution is 2.29. The molecule has 1 N–H and O–H groups in total. The molecular formula is C24H20ClF2N3O2. The third-order valence-corrected chi connectivity index (χ3v) is 5.22. The SMILES string of the molecule is CC(NC(=O)[C@@H](F)Cl)[C@H](Oc1ccc2c(cnn2-c2ccc(F)cc2)c1)c1ccccc1. The molecule has 0 aliphatic carbocycles. The van der Waals surface area contributed by atoms with Crippen molar-refractivity contribution in [2.24, 2.45) is 0 Å². The number of hydrogen-bond donors (Lipinski definition) is 1. The molecule has 4 rings (SSSR count). The number of carbonyl (C=O) groups is 1. The molecule has 0 aliphatic rings. The maximum Gasteiger partial charge on any atom is 0.270 e. The second-order valence-corrected chi connectivity index (χ2v) is 7.68. The fraction of sp³-hybridized carbons (Fsp3) is 0.167. The summed E-state index contributed by atoms with van der Waals surface area (Å²) in [5, 5.41) is 7.76. The number of fused-ring (bicyclic) bond motifs is 1. The van der Waals surface area contributed by atoms with E-state index in [1.807, 2.05) is 42.5 Å². The van der Waals surface area contributed by atoms with Crippen LogP contribution in [0.2, 0.25) is 0 Å². The zero-order valence-corrected chi connectivity index (χ0v) is 17.8. The topological polar surface area (TPSA) is 56.1 Å². The number of carbonyl (C=O) groups excluding carboxylic acids is 1. The molecule has 1 aromatic heterocycles. The molecule has 1 heterocycles. The molecule has 8 heteroatoms. The van der Waals surface area contributed by atoms with Crippen LogP contribution >= 0.6 is 11.6 Å². The Labute approximate surface area is 188 Å². The average molecular weight is 456 g/mol. The minimum Gasteiger partial charge on any atom is -0.484 e. The molecule has 4 aromatic rings. The quantitative estimate of drug-likeness (QED) is 0.383. The Morgan fingerprint density at radius 2 is 1.81 bits per heavy atom. The van der Waals surface area contributed by atoms with Gasteiger partial charge in [0.05, 0.1) is 23.4 Å². The average Bonchev–Trinajstić information content (AvgIpc) is 3.21. The van der Waals surface area contributed by atoms with E-state index in [2.05, 4.69) is 10.4 Å². The van der Waals surface area contributed by atoms with Gasteiger partial charge in [0.1, 0.15) is 17.7 Å². The number of benzene rings is 3. The number of nitrogens with one attached hydrogen (secondary N) is 1. The number of ether oxygens (including phenoxy) is 1. The summed E-state index contributed by atoms with van der Waals surface area (Å²) < 4.78 is 34.3. The molecule has 0 radical (unpaired) electrons. The number of halogens is 3. The molecule has 0 saturated heterocycles. The zero-order chi connectivity index (χ0) is 22.7. The smallest absolute Gasteiger partial charge is 0.270 e. The summed E-state index contributed by atoms with van der Waals surface area (Å²) in [5.41, 5.74) is 0.231. The van der Waals surface area contributed by atoms with Gasteiger partial charge in [-0.1, -0.05) is 41.9 Å². The summed E-state index contributed by atoms with van der Waals surface area (Å²) in [6.07, 6.45) is 1.11. The fourth-order valence-corrected chi connectivity index (χ4v) is 3.55. The number of aromatic nitrogens is 2. The molecule has 0 saturated carbocycles. The Kier molecular flexibility index (Phi) is 6.37. The molecule has 1 amide bonds. The van der Waals surface area contributed by atoms with Crippen LogP contribution in [0, 0.1) is 5.82 Å². The van der Waals surface area contributed by atoms with Gasteiger partial charge in [-0.2, -0.15) is 5.10 Å². The number of hydrogen-bond acceptors (Lipinski definition) is 3. The van der Waals surface area contributed by atoms with E-state index in [1.165, 1.54) is 12.1 Å². The molecule has 32 heavy (non-hydrogen) atoms. The Bertz CT molecular complexity index is 1210. The lowest BCUT2D eigenvalue weighted by atomic mass is 10.0. The number of alkyl halides is 2. The molecule has 3 aromatic carbocycles. The van der Waals surface area contributed by atoms with Gasteiger partial charge < -0.3 is 10.1 Å². The van der Waals surface area contributed by atoms with Crippen LogP contribution in [-0.2, 0) is 4.79 Å². The van der Waals surface area contributed by atoms with Crippen molar-refractivity contribution in [1.29, 1.82) is 0 Å². The third kappa shape index (κ3) is 4.73. The highest BCUT2D eigenvalue weighted by Gasteiger charge is 2.25. The van der Waals surface area contributed by atoms with E-state index < -0.39 is 23.7 Å². The Morgan fingerprint density at radius 3 is 2.50 bits per heavy atom. The van der Waals surface area contributed by atoms with Crippen molar-refractivity contribution in [2.75, 3.05) is 0 Å². The van der Waals surface area contributed by atoms with Crippen LogP contribution in [0.3, 0.4) is 0 Å². The summed E-state index contributed by atoms with van der Waals surface area (Å²) >= 11 is 5.26. The summed E-state index contributed by atoms with van der Waals surface area (Å²) in [7, 11) is 0. The van der Waals surface area contributed by atoms with Crippen LogP contribution < -0.4 is 10.1 Å². The number of nitrogens with zero attached hydrogens (tertiary/aromatic N) is 2. The van der Waals surface area contributed by atoms with Crippen LogP contribution in [0.15, 0.2) is 79.0 Å². The summed E-state index contributed by atoms with van der Waals surface area (Å²) in [4.78, 5) is 11.8. The van der Waals surface area contributed by atoms with E-state index in [4.69, 9.17) is 16.3 Å². The molecular weight excluding hydrogens is 436 g/mol. The van der Waals surface area contributed by atoms with Crippen LogP contribution in [0.1, 0.15) is 18.6 Å². The second-order valence-electron chi connectivity index (χ2n) is 7.30. The summed E-state index contributed by atoms with van der Waals surface area (Å²) in [5.74, 6) is -0.684. The van der Waals surface area contributed by atoms with E-state index in [1.54, 1.807) is 36.0 Å². The normalized spacial score (nSPS) is 14.0. The van der Waals surface area contributed by atoms with Gasteiger partial charge in [0, 0.05) is 5.39 Å². The summed E-state index contributed by atoms with van der Waals surface area (Å²) in [6, 6.07) is 20.3. The van der Waals surface area contributed by atoms with E-state index in [0.29, 0.717) is 5.75 Å². The first-order chi connectivity index (χ1) is 15.4. The van der Waals surface area contributed by atoms with Gasteiger partial charge in [-0.15, -0.1) is 0 Å². The molecule has 0 aliphatic heterocycles. The predicted molar refractivity (Wildman–Crippen MR) is 119 cm³/mol.